The van der Waals surface area contributed by atoms with Gasteiger partial charge in [0.15, 0.2) is 6.61 Å². The molecular weight excluding hydrogens is 356 g/mol. The first-order chi connectivity index (χ1) is 12.0. The number of thiazole rings is 1. The summed E-state index contributed by atoms with van der Waals surface area (Å²) in [7, 11) is 1.70. The zero-order valence-corrected chi connectivity index (χ0v) is 15.8. The van der Waals surface area contributed by atoms with E-state index in [-0.39, 0.29) is 18.6 Å². The average Bonchev–Trinajstić information content (AvgIpc) is 3.24. The molecule has 2 heterocycles. The summed E-state index contributed by atoms with van der Waals surface area (Å²) in [4.78, 5) is 32.0. The molecule has 0 aliphatic heterocycles. The molecule has 0 bridgehead atoms. The Hall–Kier alpha value is -2.25. The van der Waals surface area contributed by atoms with Gasteiger partial charge < -0.3 is 9.64 Å². The molecule has 7 heteroatoms. The van der Waals surface area contributed by atoms with E-state index in [1.54, 1.807) is 29.4 Å². The second-order valence-corrected chi connectivity index (χ2v) is 8.04. The SMILES string of the molecule is Cc1ccc(C(=O)OCC(=O)N(C)[C@@H](C)c2nc3ccccc3s2)s1. The van der Waals surface area contributed by atoms with Gasteiger partial charge in [0, 0.05) is 11.9 Å². The number of hydrogen-bond acceptors (Lipinski definition) is 6. The van der Waals surface area contributed by atoms with Crippen LogP contribution in [0.4, 0.5) is 0 Å². The molecule has 0 radical (unpaired) electrons. The Labute approximate surface area is 153 Å². The van der Waals surface area contributed by atoms with Gasteiger partial charge in [-0.3, -0.25) is 4.79 Å². The summed E-state index contributed by atoms with van der Waals surface area (Å²) in [5, 5.41) is 0.859. The van der Waals surface area contributed by atoms with E-state index in [9.17, 15) is 9.59 Å². The van der Waals surface area contributed by atoms with Crippen molar-refractivity contribution in [2.45, 2.75) is 19.9 Å². The molecule has 0 fully saturated rings. The van der Waals surface area contributed by atoms with Crippen molar-refractivity contribution in [3.63, 3.8) is 0 Å². The predicted octanol–water partition coefficient (Wildman–Crippen LogP) is 4.04. The number of rotatable bonds is 5. The van der Waals surface area contributed by atoms with Gasteiger partial charge in [-0.15, -0.1) is 22.7 Å². The van der Waals surface area contributed by atoms with Crippen LogP contribution in [0.1, 0.15) is 32.5 Å². The van der Waals surface area contributed by atoms with Crippen molar-refractivity contribution in [1.29, 1.82) is 0 Å². The van der Waals surface area contributed by atoms with Crippen molar-refractivity contribution in [2.24, 2.45) is 0 Å². The van der Waals surface area contributed by atoms with Crippen LogP contribution in [-0.4, -0.2) is 35.4 Å². The standard InChI is InChI=1S/C18H18N2O3S2/c1-11-8-9-15(24-11)18(22)23-10-16(21)20(3)12(2)17-19-13-6-4-5-7-14(13)25-17/h4-9,12H,10H2,1-3H3/t12-/m0/s1. The number of carbonyl (C=O) groups is 2. The Morgan fingerprint density at radius 1 is 1.20 bits per heavy atom. The molecule has 1 atom stereocenters. The number of likely N-dealkylation sites (N-methyl/N-ethyl adjacent to an activating group) is 1. The summed E-state index contributed by atoms with van der Waals surface area (Å²) in [5.74, 6) is -0.721. The monoisotopic (exact) mass is 374 g/mol. The summed E-state index contributed by atoms with van der Waals surface area (Å²) < 4.78 is 6.22. The van der Waals surface area contributed by atoms with Gasteiger partial charge in [-0.1, -0.05) is 12.1 Å². The van der Waals surface area contributed by atoms with E-state index in [1.807, 2.05) is 44.2 Å². The third-order valence-electron chi connectivity index (χ3n) is 3.91. The third-order valence-corrected chi connectivity index (χ3v) is 6.10. The number of ether oxygens (including phenoxy) is 1. The lowest BCUT2D eigenvalue weighted by Gasteiger charge is -2.22. The molecule has 25 heavy (non-hydrogen) atoms. The van der Waals surface area contributed by atoms with Crippen LogP contribution < -0.4 is 0 Å². The molecule has 2 aromatic heterocycles. The van der Waals surface area contributed by atoms with E-state index < -0.39 is 5.97 Å². The molecule has 0 saturated carbocycles. The van der Waals surface area contributed by atoms with E-state index >= 15 is 0 Å². The lowest BCUT2D eigenvalue weighted by atomic mass is 10.3. The fourth-order valence-corrected chi connectivity index (χ4v) is 4.12. The smallest absolute Gasteiger partial charge is 0.348 e. The molecule has 5 nitrogen and oxygen atoms in total. The molecule has 0 aliphatic rings. The number of hydrogen-bond donors (Lipinski definition) is 0. The first-order valence-corrected chi connectivity index (χ1v) is 9.43. The van der Waals surface area contributed by atoms with Crippen LogP contribution in [0.5, 0.6) is 0 Å². The van der Waals surface area contributed by atoms with Crippen LogP contribution in [-0.2, 0) is 9.53 Å². The molecule has 130 valence electrons. The van der Waals surface area contributed by atoms with Gasteiger partial charge in [0.25, 0.3) is 5.91 Å². The fourth-order valence-electron chi connectivity index (χ4n) is 2.29. The summed E-state index contributed by atoms with van der Waals surface area (Å²) in [6.07, 6.45) is 0. The van der Waals surface area contributed by atoms with Crippen LogP contribution in [0.15, 0.2) is 36.4 Å². The number of nitrogens with zero attached hydrogens (tertiary/aromatic N) is 2. The number of thiophene rings is 1. The topological polar surface area (TPSA) is 59.5 Å². The van der Waals surface area contributed by atoms with Gasteiger partial charge in [0.2, 0.25) is 0 Å². The molecule has 0 N–H and O–H groups in total. The van der Waals surface area contributed by atoms with Crippen LogP contribution >= 0.6 is 22.7 Å². The minimum Gasteiger partial charge on any atom is -0.451 e. The maximum absolute atomic E-state index is 12.3. The Bertz CT molecular complexity index is 883. The minimum atomic E-state index is -0.465. The molecule has 0 saturated heterocycles. The Morgan fingerprint density at radius 2 is 1.96 bits per heavy atom. The van der Waals surface area contributed by atoms with Gasteiger partial charge in [-0.05, 0) is 38.1 Å². The van der Waals surface area contributed by atoms with Crippen molar-refractivity contribution in [1.82, 2.24) is 9.88 Å². The summed E-state index contributed by atoms with van der Waals surface area (Å²) in [6, 6.07) is 11.2. The zero-order chi connectivity index (χ0) is 18.0. The van der Waals surface area contributed by atoms with Crippen LogP contribution in [0.3, 0.4) is 0 Å². The van der Waals surface area contributed by atoms with Crippen LogP contribution in [0, 0.1) is 6.92 Å². The summed E-state index contributed by atoms with van der Waals surface area (Å²) in [5.41, 5.74) is 0.926. The molecule has 0 spiro atoms. The highest BCUT2D eigenvalue weighted by Crippen LogP contribution is 2.28. The van der Waals surface area contributed by atoms with Gasteiger partial charge in [0.05, 0.1) is 16.3 Å². The zero-order valence-electron chi connectivity index (χ0n) is 14.2. The molecule has 1 amide bonds. The number of fused-ring (bicyclic) bond motifs is 1. The molecule has 3 aromatic rings. The first kappa shape index (κ1) is 17.6. The van der Waals surface area contributed by atoms with Crippen molar-refractivity contribution in [3.8, 4) is 0 Å². The lowest BCUT2D eigenvalue weighted by molar-refractivity contribution is -0.135. The molecular formula is C18H18N2O3S2. The van der Waals surface area contributed by atoms with E-state index in [1.165, 1.54) is 11.3 Å². The lowest BCUT2D eigenvalue weighted by Crippen LogP contribution is -2.33. The normalized spacial score (nSPS) is 12.1. The van der Waals surface area contributed by atoms with Gasteiger partial charge in [-0.25, -0.2) is 9.78 Å². The number of benzene rings is 1. The van der Waals surface area contributed by atoms with Crippen LogP contribution in [0.25, 0.3) is 10.2 Å². The number of aromatic nitrogens is 1. The third kappa shape index (κ3) is 3.88. The van der Waals surface area contributed by atoms with Gasteiger partial charge in [0.1, 0.15) is 9.88 Å². The highest BCUT2D eigenvalue weighted by Gasteiger charge is 2.22. The maximum atomic E-state index is 12.3. The van der Waals surface area contributed by atoms with E-state index in [4.69, 9.17) is 4.74 Å². The molecule has 0 unspecified atom stereocenters. The second-order valence-electron chi connectivity index (χ2n) is 5.69. The van der Waals surface area contributed by atoms with Crippen molar-refractivity contribution >= 4 is 44.8 Å². The van der Waals surface area contributed by atoms with Gasteiger partial charge >= 0.3 is 5.97 Å². The Morgan fingerprint density at radius 3 is 2.64 bits per heavy atom. The number of para-hydroxylation sites is 1. The highest BCUT2D eigenvalue weighted by molar-refractivity contribution is 7.18. The summed E-state index contributed by atoms with van der Waals surface area (Å²) >= 11 is 2.92. The highest BCUT2D eigenvalue weighted by atomic mass is 32.1. The fraction of sp³-hybridized carbons (Fsp3) is 0.278. The largest absolute Gasteiger partial charge is 0.451 e. The minimum absolute atomic E-state index is 0.187. The van der Waals surface area contributed by atoms with Crippen molar-refractivity contribution < 1.29 is 14.3 Å². The second kappa shape index (κ2) is 7.33. The number of esters is 1. The number of carbonyl (C=O) groups excluding carboxylic acids is 2. The van der Waals surface area contributed by atoms with Crippen LogP contribution in [0.2, 0.25) is 0 Å². The molecule has 1 aromatic carbocycles. The quantitative estimate of drug-likeness (QED) is 0.632. The van der Waals surface area contributed by atoms with E-state index in [0.29, 0.717) is 4.88 Å². The Kier molecular flexibility index (Phi) is 5.15. The Balaban J connectivity index is 1.62. The van der Waals surface area contributed by atoms with E-state index in [0.717, 1.165) is 20.1 Å². The summed E-state index contributed by atoms with van der Waals surface area (Å²) in [6.45, 7) is 3.56. The number of amides is 1. The average molecular weight is 374 g/mol. The van der Waals surface area contributed by atoms with Crippen molar-refractivity contribution in [3.05, 3.63) is 51.2 Å². The molecule has 3 rings (SSSR count). The maximum Gasteiger partial charge on any atom is 0.348 e. The van der Waals surface area contributed by atoms with Crippen molar-refractivity contribution in [2.75, 3.05) is 13.7 Å². The van der Waals surface area contributed by atoms with E-state index in [2.05, 4.69) is 4.98 Å². The molecule has 0 aliphatic carbocycles. The first-order valence-electron chi connectivity index (χ1n) is 7.80. The number of aryl methyl sites for hydroxylation is 1. The predicted molar refractivity (Wildman–Crippen MR) is 100 cm³/mol. The van der Waals surface area contributed by atoms with Gasteiger partial charge in [-0.2, -0.15) is 0 Å².